The Kier molecular flexibility index (Phi) is 4.45. The van der Waals surface area contributed by atoms with E-state index >= 15 is 0 Å². The number of carbonyl (C=O) groups excluding carboxylic acids is 1. The minimum Gasteiger partial charge on any atom is -0.424 e. The summed E-state index contributed by atoms with van der Waals surface area (Å²) in [5.41, 5.74) is 6.21. The lowest BCUT2D eigenvalue weighted by Gasteiger charge is -2.07. The Morgan fingerprint density at radius 2 is 2.10 bits per heavy atom. The second-order valence-electron chi connectivity index (χ2n) is 3.58. The Morgan fingerprint density at radius 3 is 2.60 bits per heavy atom. The Morgan fingerprint density at radius 1 is 1.45 bits per heavy atom. The van der Waals surface area contributed by atoms with Gasteiger partial charge >= 0.3 is 5.97 Å². The van der Waals surface area contributed by atoms with Crippen LogP contribution in [0.5, 0.6) is 5.75 Å². The Labute approximate surface area is 130 Å². The number of rotatable bonds is 3. The third-order valence-electron chi connectivity index (χ3n) is 2.06. The van der Waals surface area contributed by atoms with Crippen molar-refractivity contribution >= 4 is 50.0 Å². The van der Waals surface area contributed by atoms with E-state index < -0.39 is 5.97 Å². The van der Waals surface area contributed by atoms with Crippen LogP contribution in [0.2, 0.25) is 0 Å². The van der Waals surface area contributed by atoms with Crippen molar-refractivity contribution in [1.82, 2.24) is 20.3 Å². The smallest absolute Gasteiger partial charge is 0.308 e. The normalized spacial score (nSPS) is 10.9. The molecule has 0 bridgehead atoms. The molecule has 0 amide bonds. The van der Waals surface area contributed by atoms with Crippen LogP contribution in [0.15, 0.2) is 26.2 Å². The molecule has 0 saturated carbocycles. The average Bonchev–Trinajstić information content (AvgIpc) is 2.77. The molecule has 0 radical (unpaired) electrons. The molecule has 2 aromatic rings. The first-order chi connectivity index (χ1) is 9.47. The number of anilines is 1. The molecule has 8 nitrogen and oxygen atoms in total. The second-order valence-corrected chi connectivity index (χ2v) is 5.29. The lowest BCUT2D eigenvalue weighted by molar-refractivity contribution is -0.131. The highest BCUT2D eigenvalue weighted by molar-refractivity contribution is 9.11. The van der Waals surface area contributed by atoms with Crippen LogP contribution in [-0.4, -0.2) is 32.5 Å². The van der Waals surface area contributed by atoms with Gasteiger partial charge in [0.05, 0.1) is 15.2 Å². The molecule has 0 saturated heterocycles. The summed E-state index contributed by atoms with van der Waals surface area (Å²) in [6.45, 7) is 1.33. The van der Waals surface area contributed by atoms with Gasteiger partial charge in [0.15, 0.2) is 5.75 Å². The number of nitrogen functional groups attached to an aromatic ring is 1. The highest BCUT2D eigenvalue weighted by atomic mass is 79.9. The van der Waals surface area contributed by atoms with E-state index in [-0.39, 0.29) is 5.95 Å². The zero-order chi connectivity index (χ0) is 14.7. The van der Waals surface area contributed by atoms with Crippen LogP contribution in [0.4, 0.5) is 5.95 Å². The lowest BCUT2D eigenvalue weighted by atomic mass is 10.2. The van der Waals surface area contributed by atoms with Gasteiger partial charge in [-0.1, -0.05) is 9.89 Å². The van der Waals surface area contributed by atoms with Crippen molar-refractivity contribution < 1.29 is 9.53 Å². The molecule has 2 N–H and O–H groups in total. The van der Waals surface area contributed by atoms with Crippen molar-refractivity contribution in [2.75, 3.05) is 5.73 Å². The molecule has 1 heterocycles. The molecule has 0 atom stereocenters. The van der Waals surface area contributed by atoms with Crippen LogP contribution in [0, 0.1) is 0 Å². The first-order valence-electron chi connectivity index (χ1n) is 5.23. The molecule has 20 heavy (non-hydrogen) atoms. The van der Waals surface area contributed by atoms with Gasteiger partial charge in [-0.15, -0.1) is 0 Å². The first kappa shape index (κ1) is 14.6. The van der Waals surface area contributed by atoms with Gasteiger partial charge in [0.25, 0.3) is 5.95 Å². The van der Waals surface area contributed by atoms with E-state index in [1.54, 1.807) is 12.1 Å². The van der Waals surface area contributed by atoms with E-state index in [9.17, 15) is 4.79 Å². The number of halogens is 2. The van der Waals surface area contributed by atoms with Gasteiger partial charge in [-0.2, -0.15) is 5.10 Å². The van der Waals surface area contributed by atoms with Crippen molar-refractivity contribution in [1.29, 1.82) is 0 Å². The fourth-order valence-corrected chi connectivity index (χ4v) is 2.67. The van der Waals surface area contributed by atoms with Crippen molar-refractivity contribution in [3.05, 3.63) is 26.6 Å². The van der Waals surface area contributed by atoms with Crippen LogP contribution < -0.4 is 10.5 Å². The van der Waals surface area contributed by atoms with Gasteiger partial charge in [-0.25, -0.2) is 0 Å². The second kappa shape index (κ2) is 6.09. The van der Waals surface area contributed by atoms with E-state index in [2.05, 4.69) is 52.5 Å². The summed E-state index contributed by atoms with van der Waals surface area (Å²) in [7, 11) is 0. The predicted octanol–water partition coefficient (Wildman–Crippen LogP) is 1.59. The zero-order valence-electron chi connectivity index (χ0n) is 10.1. The predicted molar refractivity (Wildman–Crippen MR) is 78.4 cm³/mol. The number of tetrazole rings is 1. The van der Waals surface area contributed by atoms with Crippen molar-refractivity contribution in [3.63, 3.8) is 0 Å². The molecular formula is C10H8Br2N6O2. The molecule has 0 aliphatic heterocycles. The standard InChI is InChI=1S/C10H8Br2N6O2/c1-5(19)20-9-7(11)2-6(3-8(9)12)4-14-18-10(13)15-16-17-18/h2-4H,1H3,(H2,13,15,17). The van der Waals surface area contributed by atoms with Gasteiger partial charge in [0.1, 0.15) is 0 Å². The van der Waals surface area contributed by atoms with Crippen LogP contribution in [0.25, 0.3) is 0 Å². The summed E-state index contributed by atoms with van der Waals surface area (Å²) >= 11 is 6.64. The van der Waals surface area contributed by atoms with E-state index in [1.807, 2.05) is 0 Å². The number of hydrogen-bond donors (Lipinski definition) is 1. The van der Waals surface area contributed by atoms with Gasteiger partial charge in [0, 0.05) is 6.92 Å². The Balaban J connectivity index is 2.29. The molecule has 1 aromatic carbocycles. The SMILES string of the molecule is CC(=O)Oc1c(Br)cc(C=Nn2nnnc2N)cc1Br. The number of benzene rings is 1. The topological polar surface area (TPSA) is 108 Å². The maximum Gasteiger partial charge on any atom is 0.308 e. The summed E-state index contributed by atoms with van der Waals surface area (Å²) in [6, 6.07) is 3.46. The van der Waals surface area contributed by atoms with Crippen molar-refractivity contribution in [3.8, 4) is 5.75 Å². The van der Waals surface area contributed by atoms with E-state index in [0.717, 1.165) is 10.4 Å². The number of hydrogen-bond acceptors (Lipinski definition) is 7. The third kappa shape index (κ3) is 3.39. The molecule has 0 aliphatic carbocycles. The molecule has 1 aromatic heterocycles. The molecule has 0 fully saturated rings. The molecular weight excluding hydrogens is 396 g/mol. The summed E-state index contributed by atoms with van der Waals surface area (Å²) in [6.07, 6.45) is 1.51. The summed E-state index contributed by atoms with van der Waals surface area (Å²) in [4.78, 5) is 12.1. The maximum absolute atomic E-state index is 11.0. The van der Waals surface area contributed by atoms with E-state index in [0.29, 0.717) is 14.7 Å². The number of nitrogens with zero attached hydrogens (tertiary/aromatic N) is 5. The monoisotopic (exact) mass is 402 g/mol. The minimum atomic E-state index is -0.408. The van der Waals surface area contributed by atoms with E-state index in [1.165, 1.54) is 13.1 Å². The van der Waals surface area contributed by atoms with Crippen LogP contribution >= 0.6 is 31.9 Å². The highest BCUT2D eigenvalue weighted by Crippen LogP contribution is 2.34. The Hall–Kier alpha value is -1.81. The number of esters is 1. The average molecular weight is 404 g/mol. The molecule has 0 unspecified atom stereocenters. The number of nitrogens with two attached hydrogens (primary N) is 1. The minimum absolute atomic E-state index is 0.0796. The molecule has 0 spiro atoms. The van der Waals surface area contributed by atoms with Crippen molar-refractivity contribution in [2.24, 2.45) is 5.10 Å². The molecule has 104 valence electrons. The molecule has 2 rings (SSSR count). The van der Waals surface area contributed by atoms with Crippen molar-refractivity contribution in [2.45, 2.75) is 6.92 Å². The van der Waals surface area contributed by atoms with Crippen LogP contribution in [0.1, 0.15) is 12.5 Å². The number of carbonyl (C=O) groups is 1. The maximum atomic E-state index is 11.0. The van der Waals surface area contributed by atoms with Gasteiger partial charge in [-0.05, 0) is 60.0 Å². The summed E-state index contributed by atoms with van der Waals surface area (Å²) in [5.74, 6) is 0.0711. The fraction of sp³-hybridized carbons (Fsp3) is 0.100. The number of aromatic nitrogens is 4. The van der Waals surface area contributed by atoms with Crippen LogP contribution in [-0.2, 0) is 4.79 Å². The van der Waals surface area contributed by atoms with Crippen LogP contribution in [0.3, 0.4) is 0 Å². The molecule has 0 aliphatic rings. The highest BCUT2D eigenvalue weighted by Gasteiger charge is 2.10. The lowest BCUT2D eigenvalue weighted by Crippen LogP contribution is -2.03. The quantitative estimate of drug-likeness (QED) is 0.473. The van der Waals surface area contributed by atoms with E-state index in [4.69, 9.17) is 10.5 Å². The van der Waals surface area contributed by atoms with Gasteiger partial charge in [-0.3, -0.25) is 4.79 Å². The van der Waals surface area contributed by atoms with Gasteiger partial charge in [0.2, 0.25) is 0 Å². The Bertz CT molecular complexity index is 661. The fourth-order valence-electron chi connectivity index (χ4n) is 1.29. The third-order valence-corrected chi connectivity index (χ3v) is 3.24. The summed E-state index contributed by atoms with van der Waals surface area (Å²) < 4.78 is 6.28. The number of ether oxygens (including phenoxy) is 1. The zero-order valence-corrected chi connectivity index (χ0v) is 13.3. The largest absolute Gasteiger partial charge is 0.424 e. The first-order valence-corrected chi connectivity index (χ1v) is 6.81. The van der Waals surface area contributed by atoms with Gasteiger partial charge < -0.3 is 10.5 Å². The summed E-state index contributed by atoms with van der Waals surface area (Å²) in [5, 5.41) is 14.4. The molecule has 10 heteroatoms.